The molecule has 1 aromatic carbocycles. The number of alkyl halides is 4. The zero-order chi connectivity index (χ0) is 22.1. The van der Waals surface area contributed by atoms with Crippen molar-refractivity contribution in [1.82, 2.24) is 15.3 Å². The molecule has 160 valence electrons. The third-order valence-corrected chi connectivity index (χ3v) is 4.41. The minimum absolute atomic E-state index is 0.0153. The number of oxazole rings is 1. The Bertz CT molecular complexity index is 1080. The molecule has 3 N–H and O–H groups in total. The first kappa shape index (κ1) is 21.8. The van der Waals surface area contributed by atoms with E-state index >= 15 is 0 Å². The van der Waals surface area contributed by atoms with Crippen LogP contribution >= 0.6 is 11.6 Å². The van der Waals surface area contributed by atoms with Gasteiger partial charge in [0.2, 0.25) is 5.89 Å². The second kappa shape index (κ2) is 8.49. The van der Waals surface area contributed by atoms with Gasteiger partial charge in [0.1, 0.15) is 17.0 Å². The van der Waals surface area contributed by atoms with Gasteiger partial charge in [0.15, 0.2) is 11.5 Å². The van der Waals surface area contributed by atoms with Crippen LogP contribution in [0.1, 0.15) is 34.9 Å². The highest BCUT2D eigenvalue weighted by molar-refractivity contribution is 6.18. The molecular formula is C19H18ClF3N4O3. The largest absolute Gasteiger partial charge is 0.494 e. The number of rotatable bonds is 6. The third kappa shape index (κ3) is 4.19. The maximum absolute atomic E-state index is 13.1. The van der Waals surface area contributed by atoms with Crippen molar-refractivity contribution in [2.45, 2.75) is 19.1 Å². The molecule has 0 aliphatic rings. The number of nitrogens with zero attached hydrogens (tertiary/aromatic N) is 2. The van der Waals surface area contributed by atoms with Crippen molar-refractivity contribution in [2.24, 2.45) is 5.73 Å². The number of carbonyl (C=O) groups excluding carboxylic acids is 1. The number of pyridine rings is 1. The van der Waals surface area contributed by atoms with Crippen LogP contribution in [0.4, 0.5) is 13.2 Å². The van der Waals surface area contributed by atoms with Gasteiger partial charge in [-0.15, -0.1) is 11.6 Å². The lowest BCUT2D eigenvalue weighted by atomic mass is 10.1. The molecule has 3 aromatic rings. The molecule has 0 aliphatic heterocycles. The number of methoxy groups -OCH3 is 1. The van der Waals surface area contributed by atoms with Gasteiger partial charge in [0.05, 0.1) is 13.2 Å². The number of benzene rings is 1. The molecule has 0 saturated carbocycles. The molecule has 2 heterocycles. The molecule has 0 saturated heterocycles. The van der Waals surface area contributed by atoms with Crippen LogP contribution < -0.4 is 15.8 Å². The second-order valence-electron chi connectivity index (χ2n) is 6.37. The smallest absolute Gasteiger partial charge is 0.433 e. The predicted molar refractivity (Wildman–Crippen MR) is 104 cm³/mol. The Hall–Kier alpha value is -2.85. The van der Waals surface area contributed by atoms with Gasteiger partial charge in [-0.1, -0.05) is 0 Å². The molecule has 0 unspecified atom stereocenters. The third-order valence-electron chi connectivity index (χ3n) is 4.22. The average molecular weight is 443 g/mol. The number of fused-ring (bicyclic) bond motifs is 1. The minimum Gasteiger partial charge on any atom is -0.494 e. The van der Waals surface area contributed by atoms with Gasteiger partial charge in [0, 0.05) is 23.4 Å². The second-order valence-corrected chi connectivity index (χ2v) is 6.75. The van der Waals surface area contributed by atoms with Crippen molar-refractivity contribution < 1.29 is 27.1 Å². The molecule has 1 atom stereocenters. The summed E-state index contributed by atoms with van der Waals surface area (Å²) in [6.45, 7) is 1.84. The Balaban J connectivity index is 2.18. The molecule has 0 radical (unpaired) electrons. The molecule has 1 amide bonds. The number of halogens is 4. The fourth-order valence-corrected chi connectivity index (χ4v) is 2.96. The quantitative estimate of drug-likeness (QED) is 0.561. The zero-order valence-electron chi connectivity index (χ0n) is 16.0. The lowest BCUT2D eigenvalue weighted by molar-refractivity contribution is -0.140. The van der Waals surface area contributed by atoms with E-state index in [0.29, 0.717) is 10.9 Å². The maximum atomic E-state index is 13.1. The van der Waals surface area contributed by atoms with Gasteiger partial charge in [-0.05, 0) is 31.2 Å². The number of nitrogens with one attached hydrogen (secondary N) is 1. The van der Waals surface area contributed by atoms with Crippen LogP contribution in [0, 0.1) is 0 Å². The van der Waals surface area contributed by atoms with Crippen molar-refractivity contribution >= 4 is 28.4 Å². The zero-order valence-corrected chi connectivity index (χ0v) is 16.8. The van der Waals surface area contributed by atoms with Crippen LogP contribution in [0.5, 0.6) is 5.75 Å². The van der Waals surface area contributed by atoms with E-state index in [1.165, 1.54) is 19.2 Å². The summed E-state index contributed by atoms with van der Waals surface area (Å²) in [6.07, 6.45) is -4.62. The van der Waals surface area contributed by atoms with Crippen LogP contribution in [0.2, 0.25) is 0 Å². The first-order valence-electron chi connectivity index (χ1n) is 8.83. The number of aromatic nitrogens is 2. The number of carbonyl (C=O) groups is 1. The van der Waals surface area contributed by atoms with E-state index < -0.39 is 23.8 Å². The van der Waals surface area contributed by atoms with Crippen molar-refractivity contribution in [3.05, 3.63) is 41.4 Å². The minimum atomic E-state index is -4.62. The molecule has 0 bridgehead atoms. The first-order valence-corrected chi connectivity index (χ1v) is 9.36. The van der Waals surface area contributed by atoms with Gasteiger partial charge in [-0.3, -0.25) is 4.79 Å². The molecule has 0 aliphatic carbocycles. The summed E-state index contributed by atoms with van der Waals surface area (Å²) in [4.78, 5) is 20.3. The van der Waals surface area contributed by atoms with Gasteiger partial charge in [-0.25, -0.2) is 9.97 Å². The summed E-state index contributed by atoms with van der Waals surface area (Å²) in [6, 6.07) is 4.48. The van der Waals surface area contributed by atoms with E-state index in [-0.39, 0.29) is 41.0 Å². The highest BCUT2D eigenvalue weighted by atomic mass is 35.5. The lowest BCUT2D eigenvalue weighted by Crippen LogP contribution is -2.27. The van der Waals surface area contributed by atoms with Crippen molar-refractivity contribution in [3.8, 4) is 17.2 Å². The standard InChI is InChI=1S/C19H18ClF3N4O3/c1-9(24)16-15(17(28)25-8-7-20)27-18(30-16)11-3-5-12(29-2)14-10(11)4-6-13(26-14)19(21,22)23/h3-6,9H,7-8,24H2,1-2H3,(H,25,28)/t9-/m0/s1. The number of ether oxygens (including phenoxy) is 1. The van der Waals surface area contributed by atoms with Crippen molar-refractivity contribution in [3.63, 3.8) is 0 Å². The summed E-state index contributed by atoms with van der Waals surface area (Å²) in [5.41, 5.74) is 5.14. The Morgan fingerprint density at radius 2 is 2.03 bits per heavy atom. The molecular weight excluding hydrogens is 425 g/mol. The van der Waals surface area contributed by atoms with Crippen molar-refractivity contribution in [2.75, 3.05) is 19.5 Å². The van der Waals surface area contributed by atoms with Crippen LogP contribution in [0.3, 0.4) is 0 Å². The number of amides is 1. The number of nitrogens with two attached hydrogens (primary N) is 1. The summed E-state index contributed by atoms with van der Waals surface area (Å²) in [5.74, 6) is 0.000837. The van der Waals surface area contributed by atoms with E-state index in [0.717, 1.165) is 6.07 Å². The van der Waals surface area contributed by atoms with E-state index in [1.807, 2.05) is 0 Å². The fourth-order valence-electron chi connectivity index (χ4n) is 2.86. The highest BCUT2D eigenvalue weighted by Gasteiger charge is 2.33. The normalized spacial score (nSPS) is 12.8. The van der Waals surface area contributed by atoms with Gasteiger partial charge < -0.3 is 20.2 Å². The van der Waals surface area contributed by atoms with Crippen LogP contribution in [0.15, 0.2) is 28.7 Å². The Kier molecular flexibility index (Phi) is 6.18. The van der Waals surface area contributed by atoms with E-state index in [2.05, 4.69) is 15.3 Å². The van der Waals surface area contributed by atoms with E-state index in [9.17, 15) is 18.0 Å². The van der Waals surface area contributed by atoms with Crippen molar-refractivity contribution in [1.29, 1.82) is 0 Å². The maximum Gasteiger partial charge on any atom is 0.433 e. The number of hydrogen-bond acceptors (Lipinski definition) is 6. The Labute approximate surface area is 174 Å². The summed E-state index contributed by atoms with van der Waals surface area (Å²) < 4.78 is 50.2. The topological polar surface area (TPSA) is 103 Å². The Morgan fingerprint density at radius 1 is 1.30 bits per heavy atom. The SMILES string of the molecule is COc1ccc(-c2nc(C(=O)NCCCl)c([C@H](C)N)o2)c2ccc(C(F)(F)F)nc12. The van der Waals surface area contributed by atoms with Crippen LogP contribution in [-0.2, 0) is 6.18 Å². The number of hydrogen-bond donors (Lipinski definition) is 2. The average Bonchev–Trinajstić information content (AvgIpc) is 3.15. The van der Waals surface area contributed by atoms with Gasteiger partial charge >= 0.3 is 6.18 Å². The summed E-state index contributed by atoms with van der Waals surface area (Å²) in [7, 11) is 1.33. The van der Waals surface area contributed by atoms with Gasteiger partial charge in [0.25, 0.3) is 5.91 Å². The Morgan fingerprint density at radius 3 is 2.63 bits per heavy atom. The van der Waals surface area contributed by atoms with Crippen LogP contribution in [0.25, 0.3) is 22.4 Å². The van der Waals surface area contributed by atoms with Crippen LogP contribution in [-0.4, -0.2) is 35.4 Å². The molecule has 7 nitrogen and oxygen atoms in total. The molecule has 30 heavy (non-hydrogen) atoms. The summed E-state index contributed by atoms with van der Waals surface area (Å²) >= 11 is 5.59. The molecule has 3 rings (SSSR count). The molecule has 0 spiro atoms. The molecule has 2 aromatic heterocycles. The highest BCUT2D eigenvalue weighted by Crippen LogP contribution is 2.37. The molecule has 11 heteroatoms. The summed E-state index contributed by atoms with van der Waals surface area (Å²) in [5, 5.41) is 2.89. The van der Waals surface area contributed by atoms with E-state index in [1.54, 1.807) is 13.0 Å². The predicted octanol–water partition coefficient (Wildman–Crippen LogP) is 3.91. The monoisotopic (exact) mass is 442 g/mol. The molecule has 0 fully saturated rings. The fraction of sp³-hybridized carbons (Fsp3) is 0.316. The first-order chi connectivity index (χ1) is 14.2. The lowest BCUT2D eigenvalue weighted by Gasteiger charge is -2.11. The van der Waals surface area contributed by atoms with Gasteiger partial charge in [-0.2, -0.15) is 13.2 Å². The van der Waals surface area contributed by atoms with E-state index in [4.69, 9.17) is 26.5 Å².